The summed E-state index contributed by atoms with van der Waals surface area (Å²) in [4.78, 5) is 5.54. The molecule has 1 nitrogen and oxygen atoms in total. The first-order valence-electron chi connectivity index (χ1n) is 9.51. The Balaban J connectivity index is 0.000000511. The molecule has 0 bridgehead atoms. The van der Waals surface area contributed by atoms with Gasteiger partial charge in [0.2, 0.25) is 0 Å². The summed E-state index contributed by atoms with van der Waals surface area (Å²) in [7, 11) is 0. The molecular formula is C24H30FNS2. The topological polar surface area (TPSA) is 12.9 Å². The third-order valence-electron chi connectivity index (χ3n) is 3.16. The molecule has 0 aliphatic rings. The molecule has 0 aliphatic heterocycles. The summed E-state index contributed by atoms with van der Waals surface area (Å²) in [5, 5.41) is 1.97. The van der Waals surface area contributed by atoms with E-state index in [0.717, 1.165) is 11.3 Å². The second-order valence-corrected chi connectivity index (χ2v) is 6.58. The summed E-state index contributed by atoms with van der Waals surface area (Å²) < 4.78 is 13.4. The molecule has 0 saturated heterocycles. The third-order valence-corrected chi connectivity index (χ3v) is 4.72. The number of hydrogen-bond donors (Lipinski definition) is 0. The highest BCUT2D eigenvalue weighted by atomic mass is 32.2. The lowest BCUT2D eigenvalue weighted by atomic mass is 10.2. The van der Waals surface area contributed by atoms with Gasteiger partial charge >= 0.3 is 0 Å². The Morgan fingerprint density at radius 3 is 2.14 bits per heavy atom. The third kappa shape index (κ3) is 10.3. The number of benzene rings is 1. The summed E-state index contributed by atoms with van der Waals surface area (Å²) in [6.45, 7) is 10.1. The molecular weight excluding hydrogens is 385 g/mol. The van der Waals surface area contributed by atoms with Crippen molar-refractivity contribution in [1.29, 1.82) is 0 Å². The van der Waals surface area contributed by atoms with Crippen LogP contribution in [0.5, 0.6) is 0 Å². The molecule has 0 atom stereocenters. The van der Waals surface area contributed by atoms with Crippen molar-refractivity contribution in [2.24, 2.45) is 0 Å². The molecule has 2 heterocycles. The van der Waals surface area contributed by atoms with Gasteiger partial charge in [0.05, 0.1) is 4.88 Å². The molecule has 150 valence electrons. The fourth-order valence-electron chi connectivity index (χ4n) is 1.85. The van der Waals surface area contributed by atoms with Crippen LogP contribution < -0.4 is 0 Å². The second kappa shape index (κ2) is 17.0. The van der Waals surface area contributed by atoms with Crippen molar-refractivity contribution < 1.29 is 4.39 Å². The first kappa shape index (κ1) is 25.9. The fraction of sp³-hybridized carbons (Fsp3) is 0.292. The zero-order valence-electron chi connectivity index (χ0n) is 17.6. The molecule has 0 N–H and O–H groups in total. The monoisotopic (exact) mass is 415 g/mol. The maximum Gasteiger partial charge on any atom is 0.137 e. The molecule has 28 heavy (non-hydrogen) atoms. The molecule has 4 heteroatoms. The van der Waals surface area contributed by atoms with Gasteiger partial charge in [-0.3, -0.25) is 4.98 Å². The number of pyridine rings is 1. The summed E-state index contributed by atoms with van der Waals surface area (Å²) in [5.74, 6) is 5.75. The van der Waals surface area contributed by atoms with Crippen molar-refractivity contribution in [2.75, 3.05) is 6.26 Å². The van der Waals surface area contributed by atoms with E-state index in [2.05, 4.69) is 23.7 Å². The minimum absolute atomic E-state index is 0.203. The molecule has 0 unspecified atom stereocenters. The van der Waals surface area contributed by atoms with Gasteiger partial charge in [-0.15, -0.1) is 23.1 Å². The van der Waals surface area contributed by atoms with Gasteiger partial charge < -0.3 is 0 Å². The van der Waals surface area contributed by atoms with E-state index < -0.39 is 0 Å². The molecule has 0 radical (unpaired) electrons. The van der Waals surface area contributed by atoms with E-state index in [1.165, 1.54) is 23.4 Å². The molecule has 2 aromatic heterocycles. The number of thiophene rings is 1. The van der Waals surface area contributed by atoms with Crippen molar-refractivity contribution in [3.63, 3.8) is 0 Å². The van der Waals surface area contributed by atoms with Crippen LogP contribution in [0.25, 0.3) is 0 Å². The van der Waals surface area contributed by atoms with Crippen LogP contribution in [-0.2, 0) is 6.42 Å². The maximum absolute atomic E-state index is 13.4. The van der Waals surface area contributed by atoms with Crippen LogP contribution >= 0.6 is 23.1 Å². The SMILES string of the molecule is CC.CC.CCc1ccncc1.CSc1ccc(C#Cc2cccs2)cc1F. The molecule has 0 fully saturated rings. The number of aromatic nitrogens is 1. The molecule has 0 amide bonds. The van der Waals surface area contributed by atoms with Crippen molar-refractivity contribution in [1.82, 2.24) is 4.98 Å². The second-order valence-electron chi connectivity index (χ2n) is 4.79. The summed E-state index contributed by atoms with van der Waals surface area (Å²) in [6.07, 6.45) is 6.59. The van der Waals surface area contributed by atoms with Gasteiger partial charge in [0.25, 0.3) is 0 Å². The standard InChI is InChI=1S/C13H9FS2.C7H9N.2C2H6/c1-15-13-7-5-10(9-12(13)14)4-6-11-3-2-8-16-11;1-2-7-3-5-8-6-4-7;2*1-2/h2-3,5,7-9H,1H3;3-6H,2H2,1H3;2*1-2H3. The van der Waals surface area contributed by atoms with Gasteiger partial charge in [0, 0.05) is 22.9 Å². The Hall–Kier alpha value is -2.09. The molecule has 3 rings (SSSR count). The van der Waals surface area contributed by atoms with E-state index in [-0.39, 0.29) is 5.82 Å². The molecule has 1 aromatic carbocycles. The summed E-state index contributed by atoms with van der Waals surface area (Å²) >= 11 is 2.98. The number of halogens is 1. The minimum Gasteiger partial charge on any atom is -0.265 e. The lowest BCUT2D eigenvalue weighted by Gasteiger charge is -1.98. The predicted molar refractivity (Wildman–Crippen MR) is 125 cm³/mol. The van der Waals surface area contributed by atoms with Gasteiger partial charge in [-0.1, -0.05) is 52.5 Å². The van der Waals surface area contributed by atoms with Crippen LogP contribution in [0.15, 0.2) is 65.1 Å². The van der Waals surface area contributed by atoms with E-state index in [9.17, 15) is 4.39 Å². The van der Waals surface area contributed by atoms with Crippen molar-refractivity contribution in [3.8, 4) is 11.8 Å². The smallest absolute Gasteiger partial charge is 0.137 e. The lowest BCUT2D eigenvalue weighted by molar-refractivity contribution is 0.602. The van der Waals surface area contributed by atoms with E-state index in [4.69, 9.17) is 0 Å². The largest absolute Gasteiger partial charge is 0.265 e. The molecule has 3 aromatic rings. The van der Waals surface area contributed by atoms with Crippen LogP contribution in [0.4, 0.5) is 4.39 Å². The van der Waals surface area contributed by atoms with Gasteiger partial charge in [-0.25, -0.2) is 4.39 Å². The predicted octanol–water partition coefficient (Wildman–Crippen LogP) is 7.71. The van der Waals surface area contributed by atoms with Crippen LogP contribution in [0, 0.1) is 17.7 Å². The number of thioether (sulfide) groups is 1. The Labute approximate surface area is 178 Å². The number of aryl methyl sites for hydroxylation is 1. The highest BCUT2D eigenvalue weighted by molar-refractivity contribution is 7.98. The zero-order chi connectivity index (χ0) is 21.2. The van der Waals surface area contributed by atoms with Crippen molar-refractivity contribution in [3.05, 3.63) is 82.1 Å². The zero-order valence-corrected chi connectivity index (χ0v) is 19.3. The first-order chi connectivity index (χ1) is 13.7. The van der Waals surface area contributed by atoms with Crippen LogP contribution in [0.3, 0.4) is 0 Å². The van der Waals surface area contributed by atoms with Gasteiger partial charge in [-0.05, 0) is 60.0 Å². The van der Waals surface area contributed by atoms with E-state index in [0.29, 0.717) is 10.5 Å². The van der Waals surface area contributed by atoms with Gasteiger partial charge in [-0.2, -0.15) is 0 Å². The fourth-order valence-corrected chi connectivity index (χ4v) is 2.87. The molecule has 0 saturated carbocycles. The Morgan fingerprint density at radius 1 is 1.00 bits per heavy atom. The minimum atomic E-state index is -0.203. The maximum atomic E-state index is 13.4. The summed E-state index contributed by atoms with van der Waals surface area (Å²) in [5.41, 5.74) is 2.06. The Morgan fingerprint density at radius 2 is 1.68 bits per heavy atom. The number of hydrogen-bond acceptors (Lipinski definition) is 3. The number of rotatable bonds is 2. The average Bonchev–Trinajstić information content (AvgIpc) is 3.30. The van der Waals surface area contributed by atoms with Crippen molar-refractivity contribution >= 4 is 23.1 Å². The van der Waals surface area contributed by atoms with Crippen molar-refractivity contribution in [2.45, 2.75) is 45.9 Å². The van der Waals surface area contributed by atoms with Gasteiger partial charge in [0.1, 0.15) is 5.82 Å². The average molecular weight is 416 g/mol. The van der Waals surface area contributed by atoms with E-state index in [1.807, 2.05) is 82.1 Å². The lowest BCUT2D eigenvalue weighted by Crippen LogP contribution is -1.82. The van der Waals surface area contributed by atoms with Gasteiger partial charge in [0.15, 0.2) is 0 Å². The number of nitrogens with zero attached hydrogens (tertiary/aromatic N) is 1. The van der Waals surface area contributed by atoms with E-state index in [1.54, 1.807) is 17.4 Å². The normalized spacial score (nSPS) is 8.54. The first-order valence-corrected chi connectivity index (χ1v) is 11.6. The quantitative estimate of drug-likeness (QED) is 0.314. The Kier molecular flexibility index (Phi) is 15.8. The van der Waals surface area contributed by atoms with Crippen LogP contribution in [-0.4, -0.2) is 11.2 Å². The molecule has 0 aliphatic carbocycles. The van der Waals surface area contributed by atoms with Crippen LogP contribution in [0.1, 0.15) is 50.6 Å². The molecule has 0 spiro atoms. The highest BCUT2D eigenvalue weighted by Gasteiger charge is 2.00. The Bertz CT molecular complexity index is 804. The highest BCUT2D eigenvalue weighted by Crippen LogP contribution is 2.19. The summed E-state index contributed by atoms with van der Waals surface area (Å²) in [6, 6.07) is 13.0. The van der Waals surface area contributed by atoms with E-state index >= 15 is 0 Å². The van der Waals surface area contributed by atoms with Crippen LogP contribution in [0.2, 0.25) is 0 Å².